The van der Waals surface area contributed by atoms with E-state index < -0.39 is 6.04 Å². The van der Waals surface area contributed by atoms with Crippen molar-refractivity contribution in [2.24, 2.45) is 0 Å². The van der Waals surface area contributed by atoms with E-state index in [1.807, 2.05) is 42.5 Å². The first-order valence-corrected chi connectivity index (χ1v) is 7.99. The van der Waals surface area contributed by atoms with Crippen molar-refractivity contribution in [3.63, 3.8) is 0 Å². The average molecular weight is 332 g/mol. The molecule has 1 aliphatic heterocycles. The smallest absolute Gasteiger partial charge is 0.252 e. The van der Waals surface area contributed by atoms with Crippen LogP contribution in [0, 0.1) is 0 Å². The van der Waals surface area contributed by atoms with E-state index in [-0.39, 0.29) is 11.8 Å². The van der Waals surface area contributed by atoms with Gasteiger partial charge in [-0.05, 0) is 23.8 Å². The molecule has 0 spiro atoms. The topological polar surface area (TPSA) is 86.9 Å². The molecule has 3 aromatic rings. The molecule has 3 N–H and O–H groups in total. The van der Waals surface area contributed by atoms with Crippen molar-refractivity contribution in [1.29, 1.82) is 0 Å². The third kappa shape index (κ3) is 3.01. The lowest BCUT2D eigenvalue weighted by Crippen LogP contribution is -2.48. The second kappa shape index (κ2) is 6.24. The van der Waals surface area contributed by atoms with Crippen LogP contribution in [-0.4, -0.2) is 27.8 Å². The Morgan fingerprint density at radius 1 is 1.16 bits per heavy atom. The van der Waals surface area contributed by atoms with Gasteiger partial charge in [0.1, 0.15) is 6.04 Å². The van der Waals surface area contributed by atoms with Gasteiger partial charge in [-0.3, -0.25) is 9.59 Å². The summed E-state index contributed by atoms with van der Waals surface area (Å²) in [7, 11) is 0. The first-order chi connectivity index (χ1) is 12.2. The Kier molecular flexibility index (Phi) is 3.78. The fourth-order valence-electron chi connectivity index (χ4n) is 2.99. The van der Waals surface area contributed by atoms with Gasteiger partial charge in [0.05, 0.1) is 18.2 Å². The minimum atomic E-state index is -0.585. The van der Waals surface area contributed by atoms with Crippen LogP contribution in [0.25, 0.3) is 11.3 Å². The summed E-state index contributed by atoms with van der Waals surface area (Å²) in [6, 6.07) is 14.2. The lowest BCUT2D eigenvalue weighted by atomic mass is 9.95. The number of aromatic amines is 1. The van der Waals surface area contributed by atoms with Crippen molar-refractivity contribution in [1.82, 2.24) is 15.3 Å². The number of H-pyrrole nitrogens is 1. The maximum Gasteiger partial charge on any atom is 0.252 e. The van der Waals surface area contributed by atoms with Gasteiger partial charge in [0, 0.05) is 23.2 Å². The zero-order chi connectivity index (χ0) is 17.2. The molecular formula is C19H16N4O2. The van der Waals surface area contributed by atoms with Crippen LogP contribution in [0.5, 0.6) is 0 Å². The molecule has 124 valence electrons. The van der Waals surface area contributed by atoms with Crippen molar-refractivity contribution in [2.75, 3.05) is 5.32 Å². The summed E-state index contributed by atoms with van der Waals surface area (Å²) < 4.78 is 0. The lowest BCUT2D eigenvalue weighted by Gasteiger charge is -2.24. The Hall–Kier alpha value is -3.41. The van der Waals surface area contributed by atoms with Gasteiger partial charge in [-0.1, -0.05) is 30.3 Å². The third-order valence-electron chi connectivity index (χ3n) is 4.25. The molecule has 1 atom stereocenters. The SMILES string of the molecule is O=C1N[C@H](C(=O)Nc2cccc(-c3cnc[nH]3)c2)Cc2ccccc21. The van der Waals surface area contributed by atoms with Gasteiger partial charge in [0.2, 0.25) is 5.91 Å². The Bertz CT molecular complexity index is 934. The van der Waals surface area contributed by atoms with Gasteiger partial charge in [-0.15, -0.1) is 0 Å². The molecule has 1 aliphatic rings. The van der Waals surface area contributed by atoms with Crippen LogP contribution in [0.3, 0.4) is 0 Å². The zero-order valence-corrected chi connectivity index (χ0v) is 13.3. The molecule has 0 saturated carbocycles. The number of amides is 2. The monoisotopic (exact) mass is 332 g/mol. The molecule has 2 amide bonds. The number of nitrogens with one attached hydrogen (secondary N) is 3. The van der Waals surface area contributed by atoms with Gasteiger partial charge in [-0.25, -0.2) is 4.98 Å². The van der Waals surface area contributed by atoms with Crippen molar-refractivity contribution < 1.29 is 9.59 Å². The molecule has 6 heteroatoms. The predicted molar refractivity (Wildman–Crippen MR) is 94.1 cm³/mol. The molecule has 6 nitrogen and oxygen atoms in total. The Morgan fingerprint density at radius 2 is 2.04 bits per heavy atom. The highest BCUT2D eigenvalue weighted by Gasteiger charge is 2.28. The molecule has 0 aliphatic carbocycles. The van der Waals surface area contributed by atoms with E-state index in [1.54, 1.807) is 18.6 Å². The molecule has 0 saturated heterocycles. The van der Waals surface area contributed by atoms with E-state index in [9.17, 15) is 9.59 Å². The third-order valence-corrected chi connectivity index (χ3v) is 4.25. The largest absolute Gasteiger partial charge is 0.345 e. The standard InChI is InChI=1S/C19H16N4O2/c24-18-15-7-2-1-4-12(15)9-16(23-18)19(25)22-14-6-3-5-13(8-14)17-10-20-11-21-17/h1-8,10-11,16H,9H2,(H,20,21)(H,22,25)(H,23,24)/t16-/m0/s1. The number of carbonyl (C=O) groups is 2. The minimum Gasteiger partial charge on any atom is -0.345 e. The minimum absolute atomic E-state index is 0.215. The number of imidazole rings is 1. The van der Waals surface area contributed by atoms with Crippen molar-refractivity contribution >= 4 is 17.5 Å². The maximum absolute atomic E-state index is 12.6. The number of carbonyl (C=O) groups excluding carboxylic acids is 2. The quantitative estimate of drug-likeness (QED) is 0.688. The van der Waals surface area contributed by atoms with E-state index in [2.05, 4.69) is 20.6 Å². The number of rotatable bonds is 3. The van der Waals surface area contributed by atoms with E-state index in [4.69, 9.17) is 0 Å². The zero-order valence-electron chi connectivity index (χ0n) is 13.3. The second-order valence-electron chi connectivity index (χ2n) is 5.92. The van der Waals surface area contributed by atoms with Gasteiger partial charge in [-0.2, -0.15) is 0 Å². The number of fused-ring (bicyclic) bond motifs is 1. The highest BCUT2D eigenvalue weighted by molar-refractivity contribution is 6.04. The van der Waals surface area contributed by atoms with E-state index in [0.29, 0.717) is 17.7 Å². The molecule has 2 heterocycles. The summed E-state index contributed by atoms with van der Waals surface area (Å²) in [6.45, 7) is 0. The first-order valence-electron chi connectivity index (χ1n) is 7.99. The van der Waals surface area contributed by atoms with Gasteiger partial charge >= 0.3 is 0 Å². The molecule has 25 heavy (non-hydrogen) atoms. The van der Waals surface area contributed by atoms with Crippen LogP contribution in [0.15, 0.2) is 61.1 Å². The highest BCUT2D eigenvalue weighted by atomic mass is 16.2. The van der Waals surface area contributed by atoms with Crippen LogP contribution in [0.2, 0.25) is 0 Å². The fraction of sp³-hybridized carbons (Fsp3) is 0.105. The van der Waals surface area contributed by atoms with Crippen LogP contribution in [0.4, 0.5) is 5.69 Å². The molecule has 0 bridgehead atoms. The summed E-state index contributed by atoms with van der Waals surface area (Å²) >= 11 is 0. The van der Waals surface area contributed by atoms with E-state index >= 15 is 0 Å². The molecule has 4 rings (SSSR count). The Labute approximate surface area is 144 Å². The van der Waals surface area contributed by atoms with E-state index in [1.165, 1.54) is 0 Å². The molecule has 0 fully saturated rings. The normalized spacial score (nSPS) is 16.0. The summed E-state index contributed by atoms with van der Waals surface area (Å²) in [5.74, 6) is -0.446. The maximum atomic E-state index is 12.6. The number of anilines is 1. The van der Waals surface area contributed by atoms with E-state index in [0.717, 1.165) is 16.8 Å². The summed E-state index contributed by atoms with van der Waals surface area (Å²) in [5, 5.41) is 5.64. The molecule has 0 radical (unpaired) electrons. The van der Waals surface area contributed by atoms with Crippen LogP contribution < -0.4 is 10.6 Å². The molecule has 1 aromatic heterocycles. The summed E-state index contributed by atoms with van der Waals surface area (Å²) in [4.78, 5) is 31.8. The van der Waals surface area contributed by atoms with Crippen LogP contribution in [-0.2, 0) is 11.2 Å². The van der Waals surface area contributed by atoms with Crippen LogP contribution >= 0.6 is 0 Å². The van der Waals surface area contributed by atoms with Crippen molar-refractivity contribution in [3.8, 4) is 11.3 Å². The fourth-order valence-corrected chi connectivity index (χ4v) is 2.99. The summed E-state index contributed by atoms with van der Waals surface area (Å²) in [5.41, 5.74) is 3.99. The Morgan fingerprint density at radius 3 is 2.88 bits per heavy atom. The van der Waals surface area contributed by atoms with Crippen molar-refractivity contribution in [3.05, 3.63) is 72.2 Å². The molecule has 2 aromatic carbocycles. The van der Waals surface area contributed by atoms with Gasteiger partial charge in [0.15, 0.2) is 0 Å². The second-order valence-corrected chi connectivity index (χ2v) is 5.92. The van der Waals surface area contributed by atoms with Gasteiger partial charge < -0.3 is 15.6 Å². The first kappa shape index (κ1) is 15.1. The number of benzene rings is 2. The Balaban J connectivity index is 1.52. The van der Waals surface area contributed by atoms with Crippen LogP contribution in [0.1, 0.15) is 15.9 Å². The summed E-state index contributed by atoms with van der Waals surface area (Å²) in [6.07, 6.45) is 3.81. The molecule has 0 unspecified atom stereocenters. The number of hydrogen-bond donors (Lipinski definition) is 3. The number of aromatic nitrogens is 2. The van der Waals surface area contributed by atoms with Crippen molar-refractivity contribution in [2.45, 2.75) is 12.5 Å². The highest BCUT2D eigenvalue weighted by Crippen LogP contribution is 2.21. The average Bonchev–Trinajstić information content (AvgIpc) is 3.17. The predicted octanol–water partition coefficient (Wildman–Crippen LogP) is 2.37. The number of hydrogen-bond acceptors (Lipinski definition) is 3. The molecular weight excluding hydrogens is 316 g/mol. The lowest BCUT2D eigenvalue weighted by molar-refractivity contribution is -0.118. The number of nitrogens with zero attached hydrogens (tertiary/aromatic N) is 1. The van der Waals surface area contributed by atoms with Gasteiger partial charge in [0.25, 0.3) is 5.91 Å².